The second-order valence-corrected chi connectivity index (χ2v) is 6.84. The summed E-state index contributed by atoms with van der Waals surface area (Å²) in [4.78, 5) is 31.3. The largest absolute Gasteiger partial charge is 0.340 e. The molecule has 1 aromatic heterocycles. The zero-order chi connectivity index (χ0) is 14.9. The van der Waals surface area contributed by atoms with E-state index in [1.54, 1.807) is 22.4 Å². The number of amides is 2. The van der Waals surface area contributed by atoms with E-state index in [2.05, 4.69) is 10.3 Å². The summed E-state index contributed by atoms with van der Waals surface area (Å²) in [6, 6.07) is -0.0812. The van der Waals surface area contributed by atoms with Gasteiger partial charge in [-0.25, -0.2) is 4.98 Å². The van der Waals surface area contributed by atoms with Crippen LogP contribution in [0.25, 0.3) is 0 Å². The van der Waals surface area contributed by atoms with Crippen LogP contribution < -0.4 is 5.32 Å². The molecule has 2 heterocycles. The van der Waals surface area contributed by atoms with Crippen LogP contribution in [-0.2, 0) is 9.59 Å². The van der Waals surface area contributed by atoms with E-state index in [9.17, 15) is 9.59 Å². The standard InChI is InChI=1S/C15H21N3O2S/c1-2-11(13-16-8-9-21-13)18-10-12(19)17-15(14(18)20)6-4-3-5-7-15/h8-9,11H,2-7,10H2,1H3,(H,17,19). The molecule has 1 N–H and O–H groups in total. The fraction of sp³-hybridized carbons (Fsp3) is 0.667. The van der Waals surface area contributed by atoms with Gasteiger partial charge in [0.05, 0.1) is 6.04 Å². The summed E-state index contributed by atoms with van der Waals surface area (Å²) in [5.41, 5.74) is -0.655. The van der Waals surface area contributed by atoms with Gasteiger partial charge in [-0.3, -0.25) is 9.59 Å². The van der Waals surface area contributed by atoms with E-state index in [0.29, 0.717) is 0 Å². The van der Waals surface area contributed by atoms with Gasteiger partial charge in [-0.15, -0.1) is 11.3 Å². The van der Waals surface area contributed by atoms with Crippen molar-refractivity contribution in [1.29, 1.82) is 0 Å². The molecule has 0 radical (unpaired) electrons. The van der Waals surface area contributed by atoms with E-state index >= 15 is 0 Å². The lowest BCUT2D eigenvalue weighted by molar-refractivity contribution is -0.154. The first-order chi connectivity index (χ1) is 10.2. The van der Waals surface area contributed by atoms with Crippen molar-refractivity contribution >= 4 is 23.2 Å². The van der Waals surface area contributed by atoms with E-state index in [1.165, 1.54) is 0 Å². The van der Waals surface area contributed by atoms with Gasteiger partial charge in [0, 0.05) is 11.6 Å². The van der Waals surface area contributed by atoms with Crippen LogP contribution in [0.4, 0.5) is 0 Å². The molecule has 2 fully saturated rings. The lowest BCUT2D eigenvalue weighted by Crippen LogP contribution is -2.67. The molecule has 21 heavy (non-hydrogen) atoms. The van der Waals surface area contributed by atoms with Crippen LogP contribution >= 0.6 is 11.3 Å². The zero-order valence-corrected chi connectivity index (χ0v) is 13.1. The predicted molar refractivity (Wildman–Crippen MR) is 80.8 cm³/mol. The molecule has 1 atom stereocenters. The van der Waals surface area contributed by atoms with E-state index < -0.39 is 5.54 Å². The summed E-state index contributed by atoms with van der Waals surface area (Å²) in [6.45, 7) is 2.19. The van der Waals surface area contributed by atoms with E-state index in [4.69, 9.17) is 0 Å². The molecule has 0 aromatic carbocycles. The SMILES string of the molecule is CCC(c1nccs1)N1CC(=O)NC2(CCCCC2)C1=O. The molecule has 1 unspecified atom stereocenters. The van der Waals surface area contributed by atoms with Crippen LogP contribution in [0.2, 0.25) is 0 Å². The molecule has 114 valence electrons. The van der Waals surface area contributed by atoms with Crippen molar-refractivity contribution in [2.45, 2.75) is 57.0 Å². The normalized spacial score (nSPS) is 23.2. The highest BCUT2D eigenvalue weighted by Crippen LogP contribution is 2.36. The monoisotopic (exact) mass is 307 g/mol. The van der Waals surface area contributed by atoms with Gasteiger partial charge in [-0.1, -0.05) is 26.2 Å². The highest BCUT2D eigenvalue weighted by Gasteiger charge is 2.48. The van der Waals surface area contributed by atoms with Crippen LogP contribution in [0.3, 0.4) is 0 Å². The van der Waals surface area contributed by atoms with Crippen molar-refractivity contribution in [3.63, 3.8) is 0 Å². The highest BCUT2D eigenvalue weighted by atomic mass is 32.1. The topological polar surface area (TPSA) is 62.3 Å². The number of hydrogen-bond donors (Lipinski definition) is 1. The number of nitrogens with one attached hydrogen (secondary N) is 1. The van der Waals surface area contributed by atoms with Gasteiger partial charge in [-0.2, -0.15) is 0 Å². The third kappa shape index (κ3) is 2.57. The van der Waals surface area contributed by atoms with Crippen molar-refractivity contribution in [1.82, 2.24) is 15.2 Å². The maximum atomic E-state index is 13.0. The Morgan fingerprint density at radius 3 is 2.76 bits per heavy atom. The number of hydrogen-bond acceptors (Lipinski definition) is 4. The summed E-state index contributed by atoms with van der Waals surface area (Å²) in [5.74, 6) is 0.0513. The molecule has 1 spiro atoms. The lowest BCUT2D eigenvalue weighted by Gasteiger charge is -2.46. The summed E-state index contributed by atoms with van der Waals surface area (Å²) in [7, 11) is 0. The molecular formula is C15H21N3O2S. The molecule has 3 rings (SSSR count). The first kappa shape index (κ1) is 14.5. The van der Waals surface area contributed by atoms with E-state index in [1.807, 2.05) is 12.3 Å². The average Bonchev–Trinajstić information content (AvgIpc) is 3.00. The quantitative estimate of drug-likeness (QED) is 0.931. The van der Waals surface area contributed by atoms with Crippen LogP contribution in [-0.4, -0.2) is 33.8 Å². The van der Waals surface area contributed by atoms with Crippen molar-refractivity contribution in [2.24, 2.45) is 0 Å². The van der Waals surface area contributed by atoms with Gasteiger partial charge >= 0.3 is 0 Å². The number of nitrogens with zero attached hydrogens (tertiary/aromatic N) is 2. The average molecular weight is 307 g/mol. The van der Waals surface area contributed by atoms with Gasteiger partial charge in [0.15, 0.2) is 0 Å². The first-order valence-corrected chi connectivity index (χ1v) is 8.56. The Morgan fingerprint density at radius 2 is 2.14 bits per heavy atom. The number of piperazine rings is 1. The number of rotatable bonds is 3. The molecule has 1 aliphatic carbocycles. The molecule has 5 nitrogen and oxygen atoms in total. The Bertz CT molecular complexity index is 523. The van der Waals surface area contributed by atoms with E-state index in [0.717, 1.165) is 43.5 Å². The number of carbonyl (C=O) groups excluding carboxylic acids is 2. The third-order valence-electron chi connectivity index (χ3n) is 4.57. The van der Waals surface area contributed by atoms with E-state index in [-0.39, 0.29) is 24.4 Å². The molecule has 1 saturated heterocycles. The van der Waals surface area contributed by atoms with Crippen molar-refractivity contribution in [3.8, 4) is 0 Å². The Labute approximate surface area is 128 Å². The van der Waals surface area contributed by atoms with Crippen molar-refractivity contribution < 1.29 is 9.59 Å². The van der Waals surface area contributed by atoms with Gasteiger partial charge in [0.1, 0.15) is 17.1 Å². The van der Waals surface area contributed by atoms with Gasteiger partial charge in [0.25, 0.3) is 0 Å². The minimum Gasteiger partial charge on any atom is -0.340 e. The zero-order valence-electron chi connectivity index (χ0n) is 12.3. The summed E-state index contributed by atoms with van der Waals surface area (Å²) in [5, 5.41) is 5.83. The Balaban J connectivity index is 1.90. The maximum absolute atomic E-state index is 13.0. The Morgan fingerprint density at radius 1 is 1.38 bits per heavy atom. The smallest absolute Gasteiger partial charge is 0.249 e. The fourth-order valence-electron chi connectivity index (χ4n) is 3.53. The molecule has 1 aliphatic heterocycles. The minimum atomic E-state index is -0.655. The predicted octanol–water partition coefficient (Wildman–Crippen LogP) is 2.26. The molecular weight excluding hydrogens is 286 g/mol. The molecule has 1 saturated carbocycles. The number of carbonyl (C=O) groups is 2. The summed E-state index contributed by atoms with van der Waals surface area (Å²) in [6.07, 6.45) is 7.23. The molecule has 0 bridgehead atoms. The fourth-order valence-corrected chi connectivity index (χ4v) is 4.37. The summed E-state index contributed by atoms with van der Waals surface area (Å²) < 4.78 is 0. The molecule has 6 heteroatoms. The summed E-state index contributed by atoms with van der Waals surface area (Å²) >= 11 is 1.55. The Kier molecular flexibility index (Phi) is 3.97. The highest BCUT2D eigenvalue weighted by molar-refractivity contribution is 7.09. The van der Waals surface area contributed by atoms with Gasteiger partial charge in [-0.05, 0) is 19.3 Å². The third-order valence-corrected chi connectivity index (χ3v) is 5.45. The van der Waals surface area contributed by atoms with Crippen LogP contribution in [0.1, 0.15) is 56.5 Å². The maximum Gasteiger partial charge on any atom is 0.249 e. The van der Waals surface area contributed by atoms with Crippen LogP contribution in [0.5, 0.6) is 0 Å². The van der Waals surface area contributed by atoms with Gasteiger partial charge < -0.3 is 10.2 Å². The minimum absolute atomic E-state index is 0.0356. The Hall–Kier alpha value is -1.43. The molecule has 1 aromatic rings. The van der Waals surface area contributed by atoms with Crippen molar-refractivity contribution in [3.05, 3.63) is 16.6 Å². The molecule has 2 amide bonds. The number of aromatic nitrogens is 1. The van der Waals surface area contributed by atoms with Crippen LogP contribution in [0.15, 0.2) is 11.6 Å². The second kappa shape index (κ2) is 5.75. The number of thiazole rings is 1. The molecule has 2 aliphatic rings. The first-order valence-electron chi connectivity index (χ1n) is 7.68. The second-order valence-electron chi connectivity index (χ2n) is 5.92. The van der Waals surface area contributed by atoms with Crippen LogP contribution in [0, 0.1) is 0 Å². The van der Waals surface area contributed by atoms with Crippen molar-refractivity contribution in [2.75, 3.05) is 6.54 Å². The van der Waals surface area contributed by atoms with Gasteiger partial charge in [0.2, 0.25) is 11.8 Å². The lowest BCUT2D eigenvalue weighted by atomic mass is 9.79.